The minimum atomic E-state index is -3.77. The number of carbonyl (C=O) groups excluding carboxylic acids is 1. The van der Waals surface area contributed by atoms with Crippen molar-refractivity contribution in [1.29, 1.82) is 0 Å². The van der Waals surface area contributed by atoms with E-state index < -0.39 is 21.6 Å². The van der Waals surface area contributed by atoms with E-state index in [9.17, 15) is 13.2 Å². The minimum Gasteiger partial charge on any atom is -0.444 e. The number of aryl methyl sites for hydroxylation is 1. The summed E-state index contributed by atoms with van der Waals surface area (Å²) < 4.78 is 33.5. The fourth-order valence-electron chi connectivity index (χ4n) is 3.64. The summed E-state index contributed by atoms with van der Waals surface area (Å²) in [6.45, 7) is 3.91. The fourth-order valence-corrected chi connectivity index (χ4v) is 5.23. The second kappa shape index (κ2) is 5.71. The molecular formula is C20H19NO4S. The van der Waals surface area contributed by atoms with E-state index in [2.05, 4.69) is 0 Å². The lowest BCUT2D eigenvalue weighted by Crippen LogP contribution is -2.38. The second-order valence-corrected chi connectivity index (χ2v) is 8.62. The Morgan fingerprint density at radius 3 is 2.35 bits per heavy atom. The number of rotatable bonds is 3. The molecule has 0 bridgehead atoms. The van der Waals surface area contributed by atoms with Crippen LogP contribution in [0.25, 0.3) is 0 Å². The number of cyclic esters (lactones) is 1. The molecule has 1 unspecified atom stereocenters. The number of hydrogen-bond acceptors (Lipinski definition) is 4. The summed E-state index contributed by atoms with van der Waals surface area (Å²) in [6, 6.07) is 16.0. The maximum absolute atomic E-state index is 13.2. The maximum atomic E-state index is 13.2. The zero-order valence-corrected chi connectivity index (χ0v) is 15.4. The van der Waals surface area contributed by atoms with Crippen LogP contribution in [-0.2, 0) is 25.2 Å². The van der Waals surface area contributed by atoms with Crippen LogP contribution >= 0.6 is 0 Å². The Bertz CT molecular complexity index is 1010. The van der Waals surface area contributed by atoms with Crippen LogP contribution in [0.4, 0.5) is 0 Å². The first-order chi connectivity index (χ1) is 12.3. The molecule has 2 aliphatic heterocycles. The van der Waals surface area contributed by atoms with Crippen molar-refractivity contribution in [3.63, 3.8) is 0 Å². The smallest absolute Gasteiger partial charge is 0.337 e. The van der Waals surface area contributed by atoms with Gasteiger partial charge in [0.15, 0.2) is 5.60 Å². The zero-order chi connectivity index (χ0) is 18.5. The quantitative estimate of drug-likeness (QED) is 0.780. The Labute approximate surface area is 153 Å². The first-order valence-corrected chi connectivity index (χ1v) is 9.90. The molecule has 0 N–H and O–H groups in total. The van der Waals surface area contributed by atoms with Crippen LogP contribution in [0, 0.1) is 6.92 Å². The standard InChI is InChI=1S/C20H19NO4S/c1-14-8-10-16(11-9-14)26(23,24)21-13-12-17-18(21)20(2,25-19(17)22)15-6-4-3-5-7-15/h3-11H,12-13H2,1-2H3. The maximum Gasteiger partial charge on any atom is 0.337 e. The topological polar surface area (TPSA) is 63.7 Å². The predicted octanol–water partition coefficient (Wildman–Crippen LogP) is 3.12. The number of esters is 1. The number of hydrogen-bond donors (Lipinski definition) is 0. The van der Waals surface area contributed by atoms with Gasteiger partial charge in [-0.25, -0.2) is 13.2 Å². The van der Waals surface area contributed by atoms with E-state index in [1.54, 1.807) is 31.2 Å². The number of nitrogens with zero attached hydrogens (tertiary/aromatic N) is 1. The molecule has 0 saturated carbocycles. The number of ether oxygens (including phenoxy) is 1. The molecule has 2 heterocycles. The monoisotopic (exact) mass is 369 g/mol. The van der Waals surface area contributed by atoms with Crippen molar-refractivity contribution >= 4 is 16.0 Å². The molecule has 2 aliphatic rings. The van der Waals surface area contributed by atoms with Gasteiger partial charge in [-0.2, -0.15) is 0 Å². The van der Waals surface area contributed by atoms with Crippen molar-refractivity contribution in [2.75, 3.05) is 6.54 Å². The summed E-state index contributed by atoms with van der Waals surface area (Å²) in [5, 5.41) is 0. The molecule has 4 rings (SSSR count). The highest BCUT2D eigenvalue weighted by Crippen LogP contribution is 2.48. The van der Waals surface area contributed by atoms with Crippen LogP contribution in [0.1, 0.15) is 24.5 Å². The lowest BCUT2D eigenvalue weighted by atomic mass is 9.92. The number of sulfonamides is 1. The van der Waals surface area contributed by atoms with Crippen LogP contribution < -0.4 is 0 Å². The Hall–Kier alpha value is -2.60. The molecule has 0 radical (unpaired) electrons. The van der Waals surface area contributed by atoms with Crippen molar-refractivity contribution in [2.24, 2.45) is 0 Å². The molecule has 1 atom stereocenters. The molecule has 26 heavy (non-hydrogen) atoms. The van der Waals surface area contributed by atoms with E-state index in [0.717, 1.165) is 11.1 Å². The number of carbonyl (C=O) groups is 1. The third-order valence-corrected chi connectivity index (χ3v) is 6.84. The second-order valence-electron chi connectivity index (χ2n) is 6.76. The molecule has 0 saturated heterocycles. The molecule has 0 aliphatic carbocycles. The summed E-state index contributed by atoms with van der Waals surface area (Å²) in [5.74, 6) is -0.437. The molecule has 134 valence electrons. The van der Waals surface area contributed by atoms with Crippen molar-refractivity contribution in [2.45, 2.75) is 30.8 Å². The highest BCUT2D eigenvalue weighted by atomic mass is 32.2. The van der Waals surface area contributed by atoms with Gasteiger partial charge in [-0.05, 0) is 26.0 Å². The average Bonchev–Trinajstić information content (AvgIpc) is 3.18. The predicted molar refractivity (Wildman–Crippen MR) is 96.6 cm³/mol. The van der Waals surface area contributed by atoms with Gasteiger partial charge in [-0.3, -0.25) is 4.31 Å². The van der Waals surface area contributed by atoms with Gasteiger partial charge in [0.1, 0.15) is 0 Å². The van der Waals surface area contributed by atoms with Crippen LogP contribution in [0.3, 0.4) is 0 Å². The van der Waals surface area contributed by atoms with Crippen molar-refractivity contribution in [3.8, 4) is 0 Å². The van der Waals surface area contributed by atoms with E-state index in [1.165, 1.54) is 4.31 Å². The van der Waals surface area contributed by atoms with Gasteiger partial charge < -0.3 is 4.74 Å². The van der Waals surface area contributed by atoms with Crippen LogP contribution in [0.5, 0.6) is 0 Å². The molecular weight excluding hydrogens is 350 g/mol. The summed E-state index contributed by atoms with van der Waals surface area (Å²) in [6.07, 6.45) is 0.363. The Balaban J connectivity index is 1.83. The SMILES string of the molecule is Cc1ccc(S(=O)(=O)N2CCC3=C2C(C)(c2ccccc2)OC3=O)cc1. The molecule has 2 aromatic carbocycles. The fraction of sp³-hybridized carbons (Fsp3) is 0.250. The highest BCUT2D eigenvalue weighted by molar-refractivity contribution is 7.89. The Morgan fingerprint density at radius 1 is 1.04 bits per heavy atom. The molecule has 5 nitrogen and oxygen atoms in total. The van der Waals surface area contributed by atoms with Gasteiger partial charge in [-0.15, -0.1) is 0 Å². The lowest BCUT2D eigenvalue weighted by molar-refractivity contribution is -0.147. The van der Waals surface area contributed by atoms with Gasteiger partial charge in [-0.1, -0.05) is 48.0 Å². The zero-order valence-electron chi connectivity index (χ0n) is 14.6. The third-order valence-electron chi connectivity index (χ3n) is 5.03. The molecule has 6 heteroatoms. The van der Waals surface area contributed by atoms with Crippen molar-refractivity contribution in [1.82, 2.24) is 4.31 Å². The lowest BCUT2D eigenvalue weighted by Gasteiger charge is -2.33. The molecule has 0 aromatic heterocycles. The summed E-state index contributed by atoms with van der Waals surface area (Å²) in [4.78, 5) is 12.6. The van der Waals surface area contributed by atoms with Crippen molar-refractivity contribution < 1.29 is 17.9 Å². The first-order valence-electron chi connectivity index (χ1n) is 8.46. The first kappa shape index (κ1) is 16.8. The average molecular weight is 369 g/mol. The summed E-state index contributed by atoms with van der Waals surface area (Å²) >= 11 is 0. The van der Waals surface area contributed by atoms with Crippen LogP contribution in [0.2, 0.25) is 0 Å². The van der Waals surface area contributed by atoms with Crippen LogP contribution in [0.15, 0.2) is 70.8 Å². The molecule has 0 amide bonds. The third kappa shape index (κ3) is 2.36. The van der Waals surface area contributed by atoms with E-state index in [-0.39, 0.29) is 11.4 Å². The normalized spacial score (nSPS) is 22.5. The Morgan fingerprint density at radius 2 is 1.69 bits per heavy atom. The van der Waals surface area contributed by atoms with E-state index in [0.29, 0.717) is 17.7 Å². The Kier molecular flexibility index (Phi) is 3.70. The summed E-state index contributed by atoms with van der Waals surface area (Å²) in [5.41, 5.74) is 1.52. The minimum absolute atomic E-state index is 0.214. The van der Waals surface area contributed by atoms with E-state index >= 15 is 0 Å². The van der Waals surface area contributed by atoms with Crippen LogP contribution in [-0.4, -0.2) is 25.2 Å². The van der Waals surface area contributed by atoms with Gasteiger partial charge in [0, 0.05) is 18.5 Å². The van der Waals surface area contributed by atoms with Crippen molar-refractivity contribution in [3.05, 3.63) is 77.0 Å². The van der Waals surface area contributed by atoms with E-state index in [1.807, 2.05) is 37.3 Å². The largest absolute Gasteiger partial charge is 0.444 e. The van der Waals surface area contributed by atoms with E-state index in [4.69, 9.17) is 4.74 Å². The molecule has 0 spiro atoms. The summed E-state index contributed by atoms with van der Waals surface area (Å²) in [7, 11) is -3.77. The molecule has 2 aromatic rings. The van der Waals surface area contributed by atoms with Gasteiger partial charge >= 0.3 is 5.97 Å². The number of benzene rings is 2. The highest BCUT2D eigenvalue weighted by Gasteiger charge is 2.53. The van der Waals surface area contributed by atoms with Gasteiger partial charge in [0.2, 0.25) is 0 Å². The molecule has 0 fully saturated rings. The van der Waals surface area contributed by atoms with Gasteiger partial charge in [0.05, 0.1) is 16.2 Å². The van der Waals surface area contributed by atoms with Gasteiger partial charge in [0.25, 0.3) is 10.0 Å².